The molecule has 0 unspecified atom stereocenters. The van der Waals surface area contributed by atoms with E-state index in [1.54, 1.807) is 55.5 Å². The number of anilines is 1. The Hall–Kier alpha value is -3.76. The Morgan fingerprint density at radius 1 is 0.952 bits per heavy atom. The summed E-state index contributed by atoms with van der Waals surface area (Å²) in [5, 5.41) is 3.30. The largest absolute Gasteiger partial charge is 0.493 e. The van der Waals surface area contributed by atoms with Crippen molar-refractivity contribution in [3.8, 4) is 11.5 Å². The normalized spacial score (nSPS) is 12.0. The number of methoxy groups -OCH3 is 2. The van der Waals surface area contributed by atoms with E-state index in [2.05, 4.69) is 5.32 Å². The predicted octanol–water partition coefficient (Wildman–Crippen LogP) is 5.19. The summed E-state index contributed by atoms with van der Waals surface area (Å²) < 4.78 is 39.9. The zero-order chi connectivity index (χ0) is 31.0. The molecule has 2 amide bonds. The number of halogens is 1. The van der Waals surface area contributed by atoms with E-state index in [9.17, 15) is 18.0 Å². The van der Waals surface area contributed by atoms with Gasteiger partial charge in [-0.1, -0.05) is 54.4 Å². The van der Waals surface area contributed by atoms with Crippen LogP contribution in [0.25, 0.3) is 0 Å². The molecule has 42 heavy (non-hydrogen) atoms. The lowest BCUT2D eigenvalue weighted by molar-refractivity contribution is -0.140. The van der Waals surface area contributed by atoms with Crippen LogP contribution >= 0.6 is 11.6 Å². The molecule has 0 radical (unpaired) electrons. The van der Waals surface area contributed by atoms with Crippen LogP contribution in [0.15, 0.2) is 71.6 Å². The Labute approximate surface area is 253 Å². The summed E-state index contributed by atoms with van der Waals surface area (Å²) in [6.45, 7) is 6.74. The molecule has 0 heterocycles. The Kier molecular flexibility index (Phi) is 11.2. The van der Waals surface area contributed by atoms with Crippen molar-refractivity contribution in [2.75, 3.05) is 25.1 Å². The van der Waals surface area contributed by atoms with Gasteiger partial charge in [-0.3, -0.25) is 13.9 Å². The number of hydrogen-bond acceptors (Lipinski definition) is 6. The number of amides is 2. The number of hydrogen-bond donors (Lipinski definition) is 1. The van der Waals surface area contributed by atoms with Gasteiger partial charge in [-0.2, -0.15) is 0 Å². The summed E-state index contributed by atoms with van der Waals surface area (Å²) in [5.74, 6) is -0.225. The Morgan fingerprint density at radius 2 is 1.60 bits per heavy atom. The number of nitrogens with zero attached hydrogens (tertiary/aromatic N) is 2. The van der Waals surface area contributed by atoms with Gasteiger partial charge in [0.1, 0.15) is 12.6 Å². The van der Waals surface area contributed by atoms with Gasteiger partial charge in [-0.15, -0.1) is 0 Å². The molecule has 3 aromatic carbocycles. The third-order valence-corrected chi connectivity index (χ3v) is 8.82. The molecule has 0 aromatic heterocycles. The first kappa shape index (κ1) is 32.8. The van der Waals surface area contributed by atoms with Crippen molar-refractivity contribution >= 4 is 39.1 Å². The van der Waals surface area contributed by atoms with Gasteiger partial charge in [0.2, 0.25) is 11.8 Å². The van der Waals surface area contributed by atoms with Crippen molar-refractivity contribution in [2.24, 2.45) is 0 Å². The van der Waals surface area contributed by atoms with Crippen molar-refractivity contribution in [3.63, 3.8) is 0 Å². The number of rotatable bonds is 13. The first-order chi connectivity index (χ1) is 19.9. The van der Waals surface area contributed by atoms with Crippen LogP contribution in [-0.4, -0.2) is 58.0 Å². The van der Waals surface area contributed by atoms with E-state index in [1.807, 2.05) is 20.8 Å². The van der Waals surface area contributed by atoms with E-state index in [0.717, 1.165) is 9.87 Å². The number of carbonyl (C=O) groups excluding carboxylic acids is 2. The number of carbonyl (C=O) groups is 2. The number of nitrogens with one attached hydrogen (secondary N) is 1. The molecule has 1 atom stereocenters. The van der Waals surface area contributed by atoms with Gasteiger partial charge in [-0.25, -0.2) is 8.42 Å². The molecule has 11 heteroatoms. The summed E-state index contributed by atoms with van der Waals surface area (Å²) in [5.41, 5.74) is 1.71. The topological polar surface area (TPSA) is 105 Å². The molecule has 0 spiro atoms. The molecule has 0 aliphatic carbocycles. The lowest BCUT2D eigenvalue weighted by Crippen LogP contribution is -2.53. The third kappa shape index (κ3) is 7.74. The van der Waals surface area contributed by atoms with Crippen molar-refractivity contribution in [1.29, 1.82) is 0 Å². The molecule has 0 saturated heterocycles. The first-order valence-electron chi connectivity index (χ1n) is 13.6. The van der Waals surface area contributed by atoms with Crippen molar-refractivity contribution in [1.82, 2.24) is 10.2 Å². The highest BCUT2D eigenvalue weighted by Gasteiger charge is 2.34. The summed E-state index contributed by atoms with van der Waals surface area (Å²) in [7, 11) is -1.32. The average molecular weight is 616 g/mol. The second kappa shape index (κ2) is 14.4. The van der Waals surface area contributed by atoms with Crippen LogP contribution in [0.3, 0.4) is 0 Å². The fraction of sp³-hybridized carbons (Fsp3) is 0.355. The smallest absolute Gasteiger partial charge is 0.264 e. The highest BCUT2D eigenvalue weighted by atomic mass is 35.5. The SMILES string of the molecule is CC[C@H](C(=O)NC(C)C)N(Cc1ccccc1Cl)C(=O)CN(c1ccc(OC)c(OC)c1)S(=O)(=O)c1ccc(C)cc1. The van der Waals surface area contributed by atoms with E-state index >= 15 is 0 Å². The number of ether oxygens (including phenoxy) is 2. The molecule has 0 aliphatic heterocycles. The highest BCUT2D eigenvalue weighted by Crippen LogP contribution is 2.34. The summed E-state index contributed by atoms with van der Waals surface area (Å²) in [4.78, 5) is 28.8. The van der Waals surface area contributed by atoms with Crippen LogP contribution in [0.5, 0.6) is 11.5 Å². The van der Waals surface area contributed by atoms with Gasteiger partial charge in [0, 0.05) is 23.7 Å². The summed E-state index contributed by atoms with van der Waals surface area (Å²) in [6.07, 6.45) is 0.301. The molecule has 0 bridgehead atoms. The fourth-order valence-corrected chi connectivity index (χ4v) is 6.06. The van der Waals surface area contributed by atoms with E-state index in [-0.39, 0.29) is 29.1 Å². The zero-order valence-electron chi connectivity index (χ0n) is 24.8. The van der Waals surface area contributed by atoms with Gasteiger partial charge < -0.3 is 19.7 Å². The van der Waals surface area contributed by atoms with Crippen LogP contribution in [0.1, 0.15) is 38.3 Å². The maximum Gasteiger partial charge on any atom is 0.264 e. The maximum atomic E-state index is 14.2. The van der Waals surface area contributed by atoms with Gasteiger partial charge >= 0.3 is 0 Å². The minimum absolute atomic E-state index is 0.00683. The molecule has 0 aliphatic rings. The minimum atomic E-state index is -4.23. The van der Waals surface area contributed by atoms with Gasteiger partial charge in [0.15, 0.2) is 11.5 Å². The Morgan fingerprint density at radius 3 is 2.17 bits per heavy atom. The molecule has 226 valence electrons. The van der Waals surface area contributed by atoms with E-state index < -0.39 is 28.5 Å². The molecular weight excluding hydrogens is 578 g/mol. The van der Waals surface area contributed by atoms with Crippen molar-refractivity contribution < 1.29 is 27.5 Å². The van der Waals surface area contributed by atoms with Crippen LogP contribution < -0.4 is 19.1 Å². The number of sulfonamides is 1. The highest BCUT2D eigenvalue weighted by molar-refractivity contribution is 7.92. The molecule has 0 saturated carbocycles. The minimum Gasteiger partial charge on any atom is -0.493 e. The summed E-state index contributed by atoms with van der Waals surface area (Å²) in [6, 6.07) is 17.0. The maximum absolute atomic E-state index is 14.2. The third-order valence-electron chi connectivity index (χ3n) is 6.66. The molecular formula is C31H38ClN3O6S. The fourth-order valence-electron chi connectivity index (χ4n) is 4.46. The second-order valence-corrected chi connectivity index (χ2v) is 12.3. The standard InChI is InChI=1S/C31H38ClN3O6S/c1-7-27(31(37)33-21(2)3)34(19-23-10-8-9-11-26(23)32)30(36)20-35(24-14-17-28(40-5)29(18-24)41-6)42(38,39)25-15-12-22(4)13-16-25/h8-18,21,27H,7,19-20H2,1-6H3,(H,33,37)/t27-/m1/s1. The lowest BCUT2D eigenvalue weighted by atomic mass is 10.1. The monoisotopic (exact) mass is 615 g/mol. The molecule has 3 aromatic rings. The second-order valence-electron chi connectivity index (χ2n) is 10.1. The zero-order valence-corrected chi connectivity index (χ0v) is 26.3. The molecule has 9 nitrogen and oxygen atoms in total. The van der Waals surface area contributed by atoms with Gasteiger partial charge in [0.25, 0.3) is 10.0 Å². The molecule has 1 N–H and O–H groups in total. The van der Waals surface area contributed by atoms with Crippen LogP contribution in [0.4, 0.5) is 5.69 Å². The Balaban J connectivity index is 2.13. The van der Waals surface area contributed by atoms with E-state index in [0.29, 0.717) is 28.5 Å². The quantitative estimate of drug-likeness (QED) is 0.284. The average Bonchev–Trinajstić information content (AvgIpc) is 2.96. The van der Waals surface area contributed by atoms with Crippen LogP contribution in [-0.2, 0) is 26.2 Å². The summed E-state index contributed by atoms with van der Waals surface area (Å²) >= 11 is 6.44. The van der Waals surface area contributed by atoms with Gasteiger partial charge in [0.05, 0.1) is 24.8 Å². The lowest BCUT2D eigenvalue weighted by Gasteiger charge is -2.33. The van der Waals surface area contributed by atoms with Gasteiger partial charge in [-0.05, 0) is 63.1 Å². The Bertz CT molecular complexity index is 1490. The van der Waals surface area contributed by atoms with Crippen molar-refractivity contribution in [2.45, 2.75) is 57.6 Å². The number of aryl methyl sites for hydroxylation is 1. The number of benzene rings is 3. The van der Waals surface area contributed by atoms with Crippen molar-refractivity contribution in [3.05, 3.63) is 82.9 Å². The van der Waals surface area contributed by atoms with Crippen LogP contribution in [0.2, 0.25) is 5.02 Å². The van der Waals surface area contributed by atoms with E-state index in [4.69, 9.17) is 21.1 Å². The van der Waals surface area contributed by atoms with Crippen LogP contribution in [0, 0.1) is 6.92 Å². The predicted molar refractivity (Wildman–Crippen MR) is 165 cm³/mol. The van der Waals surface area contributed by atoms with E-state index in [1.165, 1.54) is 37.3 Å². The molecule has 3 rings (SSSR count). The first-order valence-corrected chi connectivity index (χ1v) is 15.4. The molecule has 0 fully saturated rings.